The number of halogens is 2. The molecule has 1 aliphatic heterocycles. The summed E-state index contributed by atoms with van der Waals surface area (Å²) < 4.78 is 18.7. The lowest BCUT2D eigenvalue weighted by Gasteiger charge is -2.26. The third kappa shape index (κ3) is 4.71. The number of aliphatic imine (C=N–C) groups is 1. The summed E-state index contributed by atoms with van der Waals surface area (Å²) in [7, 11) is 0. The highest BCUT2D eigenvalue weighted by Crippen LogP contribution is 2.47. The molecule has 1 aromatic carbocycles. The minimum absolute atomic E-state index is 0.0240. The Morgan fingerprint density at radius 1 is 1.48 bits per heavy atom. The van der Waals surface area contributed by atoms with E-state index in [2.05, 4.69) is 4.99 Å². The summed E-state index contributed by atoms with van der Waals surface area (Å²) in [5.74, 6) is -2.47. The fourth-order valence-corrected chi connectivity index (χ4v) is 3.71. The number of hydrogen-bond donors (Lipinski definition) is 2. The van der Waals surface area contributed by atoms with E-state index in [0.29, 0.717) is 5.56 Å². The van der Waals surface area contributed by atoms with Crippen LogP contribution in [-0.2, 0) is 14.3 Å². The highest BCUT2D eigenvalue weighted by atomic mass is 35.5. The number of nitrogens with two attached hydrogens (primary N) is 1. The smallest absolute Gasteiger partial charge is 0.363 e. The van der Waals surface area contributed by atoms with E-state index < -0.39 is 40.7 Å². The van der Waals surface area contributed by atoms with E-state index in [1.165, 1.54) is 12.1 Å². The van der Waals surface area contributed by atoms with Gasteiger partial charge >= 0.3 is 11.9 Å². The van der Waals surface area contributed by atoms with Gasteiger partial charge in [-0.25, -0.2) is 14.2 Å². The predicted octanol–water partition coefficient (Wildman–Crippen LogP) is 3.14. The molecular weight excluding hydrogens is 371 g/mol. The lowest BCUT2D eigenvalue weighted by Crippen LogP contribution is -2.42. The summed E-state index contributed by atoms with van der Waals surface area (Å²) in [6.45, 7) is 5.11. The van der Waals surface area contributed by atoms with Gasteiger partial charge in [0, 0.05) is 0 Å². The minimum atomic E-state index is -1.58. The number of carboxylic acids is 1. The lowest BCUT2D eigenvalue weighted by atomic mass is 9.97. The lowest BCUT2D eigenvalue weighted by molar-refractivity contribution is -0.146. The van der Waals surface area contributed by atoms with Gasteiger partial charge < -0.3 is 15.6 Å². The van der Waals surface area contributed by atoms with Crippen LogP contribution in [0.5, 0.6) is 0 Å². The van der Waals surface area contributed by atoms with Crippen LogP contribution in [0.1, 0.15) is 38.0 Å². The topological polar surface area (TPSA) is 102 Å². The van der Waals surface area contributed by atoms with Crippen LogP contribution in [0, 0.1) is 5.82 Å². The van der Waals surface area contributed by atoms with Crippen molar-refractivity contribution in [3.8, 4) is 0 Å². The van der Waals surface area contributed by atoms with Crippen molar-refractivity contribution in [1.29, 1.82) is 0 Å². The van der Waals surface area contributed by atoms with Gasteiger partial charge in [-0.2, -0.15) is 0 Å². The molecule has 6 nitrogen and oxygen atoms in total. The molecule has 0 amide bonds. The number of thioether (sulfide) groups is 1. The van der Waals surface area contributed by atoms with Crippen molar-refractivity contribution in [1.82, 2.24) is 0 Å². The molecule has 0 spiro atoms. The number of esters is 1. The Balaban J connectivity index is 2.38. The number of aliphatic carboxylic acids is 1. The molecule has 2 rings (SSSR count). The number of carboxylic acid groups (broad SMARTS) is 1. The van der Waals surface area contributed by atoms with Crippen LogP contribution in [0.2, 0.25) is 5.02 Å². The molecule has 1 aromatic rings. The maximum atomic E-state index is 13.4. The fourth-order valence-electron chi connectivity index (χ4n) is 2.31. The first-order chi connectivity index (χ1) is 11.4. The quantitative estimate of drug-likeness (QED) is 0.768. The SMILES string of the molecule is CC(C)(C)OC(=O)C1=NC(N)(CC(=O)O)C(c2ccc(F)c(Cl)c2)S1. The van der Waals surface area contributed by atoms with Crippen molar-refractivity contribution in [2.75, 3.05) is 0 Å². The molecule has 1 heterocycles. The van der Waals surface area contributed by atoms with Gasteiger partial charge in [0.15, 0.2) is 5.04 Å². The molecule has 9 heteroatoms. The number of carbonyl (C=O) groups excluding carboxylic acids is 1. The van der Waals surface area contributed by atoms with Crippen molar-refractivity contribution in [3.63, 3.8) is 0 Å². The van der Waals surface area contributed by atoms with Crippen LogP contribution >= 0.6 is 23.4 Å². The highest BCUT2D eigenvalue weighted by Gasteiger charge is 2.47. The Labute approximate surface area is 153 Å². The Kier molecular flexibility index (Phi) is 5.46. The molecule has 3 N–H and O–H groups in total. The third-order valence-electron chi connectivity index (χ3n) is 3.25. The zero-order chi connectivity index (χ0) is 19.0. The van der Waals surface area contributed by atoms with Gasteiger partial charge in [0.05, 0.1) is 16.7 Å². The van der Waals surface area contributed by atoms with Crippen LogP contribution < -0.4 is 5.73 Å². The molecule has 1 aliphatic rings. The second-order valence-corrected chi connectivity index (χ2v) is 8.15. The zero-order valence-corrected chi connectivity index (χ0v) is 15.4. The van der Waals surface area contributed by atoms with Crippen molar-refractivity contribution >= 4 is 40.3 Å². The number of benzene rings is 1. The first-order valence-corrected chi connectivity index (χ1v) is 8.62. The van der Waals surface area contributed by atoms with Crippen molar-refractivity contribution in [2.24, 2.45) is 10.7 Å². The van der Waals surface area contributed by atoms with Crippen LogP contribution in [-0.4, -0.2) is 33.4 Å². The highest BCUT2D eigenvalue weighted by molar-refractivity contribution is 8.16. The predicted molar refractivity (Wildman–Crippen MR) is 94.2 cm³/mol. The van der Waals surface area contributed by atoms with E-state index in [4.69, 9.17) is 27.2 Å². The number of ether oxygens (including phenoxy) is 1. The van der Waals surface area contributed by atoms with Gasteiger partial charge in [0.2, 0.25) is 0 Å². The van der Waals surface area contributed by atoms with E-state index in [1.54, 1.807) is 20.8 Å². The first-order valence-electron chi connectivity index (χ1n) is 7.37. The first kappa shape index (κ1) is 19.7. The van der Waals surface area contributed by atoms with Gasteiger partial charge in [-0.05, 0) is 38.5 Å². The molecule has 2 unspecified atom stereocenters. The average Bonchev–Trinajstić information content (AvgIpc) is 2.77. The molecular formula is C16H18ClFN2O4S. The van der Waals surface area contributed by atoms with E-state index in [9.17, 15) is 14.0 Å². The third-order valence-corrected chi connectivity index (χ3v) is 4.93. The van der Waals surface area contributed by atoms with Crippen LogP contribution in [0.4, 0.5) is 4.39 Å². The second-order valence-electron chi connectivity index (χ2n) is 6.65. The van der Waals surface area contributed by atoms with Gasteiger partial charge in [-0.1, -0.05) is 29.4 Å². The molecule has 0 fully saturated rings. The van der Waals surface area contributed by atoms with Crippen LogP contribution in [0.25, 0.3) is 0 Å². The Bertz CT molecular complexity index is 750. The van der Waals surface area contributed by atoms with Crippen LogP contribution in [0.3, 0.4) is 0 Å². The van der Waals surface area contributed by atoms with E-state index in [0.717, 1.165) is 17.8 Å². The minimum Gasteiger partial charge on any atom is -0.481 e. The van der Waals surface area contributed by atoms with E-state index in [-0.39, 0.29) is 10.1 Å². The summed E-state index contributed by atoms with van der Waals surface area (Å²) >= 11 is 6.79. The van der Waals surface area contributed by atoms with Crippen LogP contribution in [0.15, 0.2) is 23.2 Å². The summed E-state index contributed by atoms with van der Waals surface area (Å²) in [4.78, 5) is 27.6. The number of carbonyl (C=O) groups is 2. The maximum Gasteiger partial charge on any atom is 0.363 e. The molecule has 0 aromatic heterocycles. The largest absolute Gasteiger partial charge is 0.481 e. The van der Waals surface area contributed by atoms with E-state index >= 15 is 0 Å². The molecule has 0 bridgehead atoms. The monoisotopic (exact) mass is 388 g/mol. The zero-order valence-electron chi connectivity index (χ0n) is 13.9. The fraction of sp³-hybridized carbons (Fsp3) is 0.438. The van der Waals surface area contributed by atoms with Crippen molar-refractivity contribution in [2.45, 2.75) is 43.7 Å². The average molecular weight is 389 g/mol. The summed E-state index contributed by atoms with van der Waals surface area (Å²) in [5.41, 5.74) is 4.34. The standard InChI is InChI=1S/C16H18ClFN2O4S/c1-15(2,3)24-14(23)13-20-16(19,7-11(21)22)12(25-13)8-4-5-10(18)9(17)6-8/h4-6,12H,7,19H2,1-3H3,(H,21,22). The summed E-state index contributed by atoms with van der Waals surface area (Å²) in [6, 6.07) is 3.95. The molecule has 0 aliphatic carbocycles. The molecule has 0 saturated heterocycles. The summed E-state index contributed by atoms with van der Waals surface area (Å²) in [6.07, 6.45) is -0.508. The second kappa shape index (κ2) is 6.93. The molecule has 0 radical (unpaired) electrons. The van der Waals surface area contributed by atoms with Gasteiger partial charge in [-0.15, -0.1) is 0 Å². The molecule has 25 heavy (non-hydrogen) atoms. The number of nitrogens with zero attached hydrogens (tertiary/aromatic N) is 1. The van der Waals surface area contributed by atoms with E-state index in [1.807, 2.05) is 0 Å². The summed E-state index contributed by atoms with van der Waals surface area (Å²) in [5, 5.41) is 8.29. The Hall–Kier alpha value is -1.64. The number of rotatable bonds is 4. The molecule has 136 valence electrons. The molecule has 0 saturated carbocycles. The Morgan fingerprint density at radius 2 is 2.12 bits per heavy atom. The van der Waals surface area contributed by atoms with Gasteiger partial charge in [0.1, 0.15) is 17.1 Å². The molecule has 2 atom stereocenters. The Morgan fingerprint density at radius 3 is 2.64 bits per heavy atom. The van der Waals surface area contributed by atoms with Crippen molar-refractivity contribution in [3.05, 3.63) is 34.6 Å². The normalized spacial score (nSPS) is 23.3. The van der Waals surface area contributed by atoms with Gasteiger partial charge in [-0.3, -0.25) is 4.79 Å². The number of hydrogen-bond acceptors (Lipinski definition) is 6. The maximum absolute atomic E-state index is 13.4. The van der Waals surface area contributed by atoms with Crippen molar-refractivity contribution < 1.29 is 23.8 Å². The van der Waals surface area contributed by atoms with Gasteiger partial charge in [0.25, 0.3) is 0 Å².